The summed E-state index contributed by atoms with van der Waals surface area (Å²) in [6, 6.07) is 2.09. The van der Waals surface area contributed by atoms with Crippen LogP contribution in [0, 0.1) is 0 Å². The summed E-state index contributed by atoms with van der Waals surface area (Å²) in [4.78, 5) is 14.6. The maximum Gasteiger partial charge on any atom is 0.321 e. The topological polar surface area (TPSA) is 117 Å². The van der Waals surface area contributed by atoms with Gasteiger partial charge in [0.15, 0.2) is 0 Å². The number of aliphatic hydroxyl groups is 1. The highest BCUT2D eigenvalue weighted by Crippen LogP contribution is 2.02. The van der Waals surface area contributed by atoms with Crippen molar-refractivity contribution in [1.29, 1.82) is 0 Å². The normalized spacial score (nSPS) is 13.1. The van der Waals surface area contributed by atoms with Crippen molar-refractivity contribution in [2.45, 2.75) is 18.9 Å². The van der Waals surface area contributed by atoms with E-state index in [4.69, 9.17) is 10.2 Å². The van der Waals surface area contributed by atoms with Crippen LogP contribution >= 0.6 is 0 Å². The molecule has 0 aliphatic rings. The van der Waals surface area contributed by atoms with Crippen LogP contribution in [-0.2, 0) is 21.2 Å². The number of pyridine rings is 1. The second-order valence-corrected chi connectivity index (χ2v) is 5.82. The number of nitrogens with zero attached hydrogens (tertiary/aromatic N) is 1. The molecule has 1 atom stereocenters. The van der Waals surface area contributed by atoms with Crippen LogP contribution < -0.4 is 4.72 Å². The van der Waals surface area contributed by atoms with E-state index in [-0.39, 0.29) is 18.6 Å². The molecule has 0 fully saturated rings. The quantitative estimate of drug-likeness (QED) is 0.587. The number of aliphatic carboxylic acids is 1. The molecule has 8 heteroatoms. The van der Waals surface area contributed by atoms with Crippen molar-refractivity contribution in [3.05, 3.63) is 30.1 Å². The van der Waals surface area contributed by atoms with E-state index in [1.54, 1.807) is 24.5 Å². The van der Waals surface area contributed by atoms with Crippen molar-refractivity contribution < 1.29 is 23.4 Å². The highest BCUT2D eigenvalue weighted by molar-refractivity contribution is 7.89. The fourth-order valence-corrected chi connectivity index (χ4v) is 2.71. The van der Waals surface area contributed by atoms with Crippen LogP contribution in [0.4, 0.5) is 0 Å². The van der Waals surface area contributed by atoms with E-state index in [2.05, 4.69) is 9.71 Å². The second-order valence-electron chi connectivity index (χ2n) is 3.95. The Labute approximate surface area is 111 Å². The molecule has 19 heavy (non-hydrogen) atoms. The molecule has 3 N–H and O–H groups in total. The van der Waals surface area contributed by atoms with Gasteiger partial charge in [-0.2, -0.15) is 0 Å². The number of aromatic nitrogens is 1. The van der Waals surface area contributed by atoms with Gasteiger partial charge in [0.25, 0.3) is 0 Å². The third-order valence-corrected chi connectivity index (χ3v) is 3.83. The highest BCUT2D eigenvalue weighted by atomic mass is 32.2. The molecule has 0 saturated heterocycles. The molecular formula is C11H16N2O5S. The zero-order chi connectivity index (χ0) is 14.3. The SMILES string of the molecule is O=C(O)[C@H](CCO)NS(=O)(=O)CCc1ccncc1. The van der Waals surface area contributed by atoms with Crippen molar-refractivity contribution in [1.82, 2.24) is 9.71 Å². The molecule has 0 aromatic carbocycles. The first-order valence-electron chi connectivity index (χ1n) is 5.67. The van der Waals surface area contributed by atoms with Gasteiger partial charge in [-0.15, -0.1) is 0 Å². The van der Waals surface area contributed by atoms with Crippen molar-refractivity contribution in [3.63, 3.8) is 0 Å². The molecule has 1 heterocycles. The lowest BCUT2D eigenvalue weighted by atomic mass is 10.2. The van der Waals surface area contributed by atoms with E-state index < -0.39 is 28.6 Å². The number of aryl methyl sites for hydroxylation is 1. The van der Waals surface area contributed by atoms with E-state index in [1.807, 2.05) is 0 Å². The van der Waals surface area contributed by atoms with Gasteiger partial charge in [0.1, 0.15) is 6.04 Å². The summed E-state index contributed by atoms with van der Waals surface area (Å²) in [5.41, 5.74) is 0.800. The molecule has 0 aliphatic heterocycles. The van der Waals surface area contributed by atoms with Crippen LogP contribution in [0.2, 0.25) is 0 Å². The number of hydrogen-bond donors (Lipinski definition) is 3. The lowest BCUT2D eigenvalue weighted by Crippen LogP contribution is -2.42. The smallest absolute Gasteiger partial charge is 0.321 e. The van der Waals surface area contributed by atoms with Crippen molar-refractivity contribution >= 4 is 16.0 Å². The molecule has 1 rings (SSSR count). The standard InChI is InChI=1S/C11H16N2O5S/c14-7-3-10(11(15)16)13-19(17,18)8-4-9-1-5-12-6-2-9/h1-2,5-6,10,13-14H,3-4,7-8H2,(H,15,16)/t10-/m0/s1. The minimum Gasteiger partial charge on any atom is -0.480 e. The Morgan fingerprint density at radius 2 is 2.00 bits per heavy atom. The predicted molar refractivity (Wildman–Crippen MR) is 68.0 cm³/mol. The molecule has 0 spiro atoms. The fourth-order valence-electron chi connectivity index (χ4n) is 1.44. The Morgan fingerprint density at radius 1 is 1.37 bits per heavy atom. The average molecular weight is 288 g/mol. The van der Waals surface area contributed by atoms with Gasteiger partial charge >= 0.3 is 5.97 Å². The number of rotatable bonds is 8. The first kappa shape index (κ1) is 15.5. The monoisotopic (exact) mass is 288 g/mol. The van der Waals surface area contributed by atoms with Gasteiger partial charge < -0.3 is 10.2 Å². The first-order valence-corrected chi connectivity index (χ1v) is 7.32. The van der Waals surface area contributed by atoms with E-state index in [9.17, 15) is 13.2 Å². The molecule has 0 saturated carbocycles. The van der Waals surface area contributed by atoms with Crippen LogP contribution in [0.15, 0.2) is 24.5 Å². The van der Waals surface area contributed by atoms with Crippen LogP contribution in [0.3, 0.4) is 0 Å². The predicted octanol–water partition coefficient (Wildman–Crippen LogP) is -0.621. The zero-order valence-electron chi connectivity index (χ0n) is 10.2. The number of carboxylic acid groups (broad SMARTS) is 1. The molecule has 0 radical (unpaired) electrons. The summed E-state index contributed by atoms with van der Waals surface area (Å²) in [5.74, 6) is -1.52. The van der Waals surface area contributed by atoms with Gasteiger partial charge in [0.2, 0.25) is 10.0 Å². The number of carbonyl (C=O) groups is 1. The summed E-state index contributed by atoms with van der Waals surface area (Å²) in [7, 11) is -3.71. The maximum absolute atomic E-state index is 11.7. The number of nitrogens with one attached hydrogen (secondary N) is 1. The lowest BCUT2D eigenvalue weighted by molar-refractivity contribution is -0.139. The molecule has 0 amide bonds. The average Bonchev–Trinajstić information content (AvgIpc) is 2.37. The van der Waals surface area contributed by atoms with Gasteiger partial charge in [-0.25, -0.2) is 13.1 Å². The molecule has 0 bridgehead atoms. The summed E-state index contributed by atoms with van der Waals surface area (Å²) in [6.45, 7) is -0.399. The molecule has 7 nitrogen and oxygen atoms in total. The highest BCUT2D eigenvalue weighted by Gasteiger charge is 2.23. The Kier molecular flexibility index (Phi) is 5.87. The zero-order valence-corrected chi connectivity index (χ0v) is 11.0. The van der Waals surface area contributed by atoms with Gasteiger partial charge in [0.05, 0.1) is 5.75 Å². The van der Waals surface area contributed by atoms with Crippen LogP contribution in [0.25, 0.3) is 0 Å². The number of sulfonamides is 1. The van der Waals surface area contributed by atoms with Crippen molar-refractivity contribution in [2.24, 2.45) is 0 Å². The number of aliphatic hydroxyl groups excluding tert-OH is 1. The minimum atomic E-state index is -3.71. The Morgan fingerprint density at radius 3 is 2.53 bits per heavy atom. The molecule has 1 aromatic heterocycles. The summed E-state index contributed by atoms with van der Waals surface area (Å²) >= 11 is 0. The largest absolute Gasteiger partial charge is 0.480 e. The lowest BCUT2D eigenvalue weighted by Gasteiger charge is -2.13. The third kappa shape index (κ3) is 5.77. The summed E-state index contributed by atoms with van der Waals surface area (Å²) < 4.78 is 25.5. The minimum absolute atomic E-state index is 0.163. The molecule has 0 aliphatic carbocycles. The van der Waals surface area contributed by atoms with E-state index in [1.165, 1.54) is 0 Å². The van der Waals surface area contributed by atoms with Gasteiger partial charge in [-0.1, -0.05) is 0 Å². The maximum atomic E-state index is 11.7. The van der Waals surface area contributed by atoms with Gasteiger partial charge in [-0.3, -0.25) is 9.78 Å². The number of hydrogen-bond acceptors (Lipinski definition) is 5. The fraction of sp³-hybridized carbons (Fsp3) is 0.455. The summed E-state index contributed by atoms with van der Waals surface area (Å²) in [6.07, 6.45) is 3.22. The van der Waals surface area contributed by atoms with Crippen molar-refractivity contribution in [2.75, 3.05) is 12.4 Å². The van der Waals surface area contributed by atoms with E-state index >= 15 is 0 Å². The second kappa shape index (κ2) is 7.17. The molecule has 106 valence electrons. The first-order chi connectivity index (χ1) is 8.94. The Balaban J connectivity index is 2.58. The van der Waals surface area contributed by atoms with Crippen LogP contribution in [0.5, 0.6) is 0 Å². The van der Waals surface area contributed by atoms with E-state index in [0.29, 0.717) is 0 Å². The van der Waals surface area contributed by atoms with E-state index in [0.717, 1.165) is 5.56 Å². The molecular weight excluding hydrogens is 272 g/mol. The van der Waals surface area contributed by atoms with Crippen LogP contribution in [0.1, 0.15) is 12.0 Å². The van der Waals surface area contributed by atoms with Crippen LogP contribution in [-0.4, -0.2) is 48.0 Å². The molecule has 1 aromatic rings. The molecule has 0 unspecified atom stereocenters. The Bertz CT molecular complexity index is 503. The van der Waals surface area contributed by atoms with Crippen molar-refractivity contribution in [3.8, 4) is 0 Å². The number of carboxylic acids is 1. The van der Waals surface area contributed by atoms with Gasteiger partial charge in [-0.05, 0) is 30.5 Å². The Hall–Kier alpha value is -1.51. The van der Waals surface area contributed by atoms with Gasteiger partial charge in [0, 0.05) is 19.0 Å². The third-order valence-electron chi connectivity index (χ3n) is 2.45. The summed E-state index contributed by atoms with van der Waals surface area (Å²) in [5, 5.41) is 17.5.